The van der Waals surface area contributed by atoms with Crippen LogP contribution in [0.15, 0.2) is 18.2 Å². The third-order valence-electron chi connectivity index (χ3n) is 3.18. The van der Waals surface area contributed by atoms with Crippen LogP contribution in [0.2, 0.25) is 10.0 Å². The SMILES string of the molecule is CS(=O)(=O)N1CCO[C@H](CNC(=O)Nc2cc(Cl)cc(Cl)c2)C1. The van der Waals surface area contributed by atoms with Crippen LogP contribution in [0.25, 0.3) is 0 Å². The monoisotopic (exact) mass is 381 g/mol. The molecule has 128 valence electrons. The van der Waals surface area contributed by atoms with E-state index in [9.17, 15) is 13.2 Å². The summed E-state index contributed by atoms with van der Waals surface area (Å²) in [5, 5.41) is 6.05. The van der Waals surface area contributed by atoms with E-state index in [2.05, 4.69) is 10.6 Å². The van der Waals surface area contributed by atoms with Crippen LogP contribution in [-0.4, -0.2) is 57.4 Å². The van der Waals surface area contributed by atoms with Crippen molar-refractivity contribution in [2.75, 3.05) is 37.8 Å². The van der Waals surface area contributed by atoms with Crippen LogP contribution in [0.3, 0.4) is 0 Å². The second kappa shape index (κ2) is 7.67. The van der Waals surface area contributed by atoms with Crippen molar-refractivity contribution in [3.8, 4) is 0 Å². The largest absolute Gasteiger partial charge is 0.374 e. The van der Waals surface area contributed by atoms with Gasteiger partial charge in [-0.15, -0.1) is 0 Å². The maximum absolute atomic E-state index is 11.9. The number of hydrogen-bond acceptors (Lipinski definition) is 4. The molecule has 1 aromatic rings. The molecule has 0 bridgehead atoms. The van der Waals surface area contributed by atoms with Crippen LogP contribution < -0.4 is 10.6 Å². The number of halogens is 2. The van der Waals surface area contributed by atoms with Crippen LogP contribution in [0.5, 0.6) is 0 Å². The molecule has 2 N–H and O–H groups in total. The standard InChI is InChI=1S/C13H17Cl2N3O4S/c1-23(20,21)18-2-3-22-12(8-18)7-16-13(19)17-11-5-9(14)4-10(15)6-11/h4-6,12H,2-3,7-8H2,1H3,(H2,16,17,19)/t12-/m1/s1. The molecule has 0 spiro atoms. The van der Waals surface area contributed by atoms with Crippen molar-refractivity contribution >= 4 is 44.9 Å². The zero-order valence-corrected chi connectivity index (χ0v) is 14.7. The van der Waals surface area contributed by atoms with Gasteiger partial charge in [-0.05, 0) is 18.2 Å². The van der Waals surface area contributed by atoms with Gasteiger partial charge >= 0.3 is 6.03 Å². The van der Waals surface area contributed by atoms with E-state index in [0.717, 1.165) is 6.26 Å². The molecule has 10 heteroatoms. The average Bonchev–Trinajstić information content (AvgIpc) is 2.43. The first kappa shape index (κ1) is 18.3. The molecule has 1 aromatic carbocycles. The molecule has 0 aliphatic carbocycles. The van der Waals surface area contributed by atoms with E-state index in [1.165, 1.54) is 4.31 Å². The quantitative estimate of drug-likeness (QED) is 0.831. The lowest BCUT2D eigenvalue weighted by molar-refractivity contribution is 0.00167. The zero-order chi connectivity index (χ0) is 17.0. The van der Waals surface area contributed by atoms with Gasteiger partial charge in [0.2, 0.25) is 10.0 Å². The van der Waals surface area contributed by atoms with E-state index in [4.69, 9.17) is 27.9 Å². The van der Waals surface area contributed by atoms with Gasteiger partial charge < -0.3 is 15.4 Å². The Hall–Kier alpha value is -1.06. The Morgan fingerprint density at radius 3 is 2.61 bits per heavy atom. The number of carbonyl (C=O) groups is 1. The van der Waals surface area contributed by atoms with Crippen molar-refractivity contribution < 1.29 is 17.9 Å². The molecule has 2 amide bonds. The van der Waals surface area contributed by atoms with Gasteiger partial charge in [0, 0.05) is 35.4 Å². The number of carbonyl (C=O) groups excluding carboxylic acids is 1. The third-order valence-corrected chi connectivity index (χ3v) is 4.89. The molecule has 1 atom stereocenters. The van der Waals surface area contributed by atoms with Crippen molar-refractivity contribution in [3.05, 3.63) is 28.2 Å². The minimum absolute atomic E-state index is 0.187. The van der Waals surface area contributed by atoms with Crippen LogP contribution in [0, 0.1) is 0 Å². The zero-order valence-electron chi connectivity index (χ0n) is 12.4. The second-order valence-corrected chi connectivity index (χ2v) is 7.96. The van der Waals surface area contributed by atoms with Gasteiger partial charge in [0.15, 0.2) is 0 Å². The molecule has 1 fully saturated rings. The van der Waals surface area contributed by atoms with Crippen LogP contribution in [0.1, 0.15) is 0 Å². The Morgan fingerprint density at radius 1 is 1.35 bits per heavy atom. The summed E-state index contributed by atoms with van der Waals surface area (Å²) in [6.45, 7) is 1.02. The van der Waals surface area contributed by atoms with E-state index in [1.807, 2.05) is 0 Å². The molecule has 7 nitrogen and oxygen atoms in total. The van der Waals surface area contributed by atoms with Crippen LogP contribution in [-0.2, 0) is 14.8 Å². The molecule has 23 heavy (non-hydrogen) atoms. The predicted molar refractivity (Wildman–Crippen MR) is 89.6 cm³/mol. The molecular weight excluding hydrogens is 365 g/mol. The van der Waals surface area contributed by atoms with Gasteiger partial charge in [-0.25, -0.2) is 13.2 Å². The highest BCUT2D eigenvalue weighted by molar-refractivity contribution is 7.88. The average molecular weight is 382 g/mol. The van der Waals surface area contributed by atoms with Crippen LogP contribution >= 0.6 is 23.2 Å². The number of morpholine rings is 1. The van der Waals surface area contributed by atoms with Gasteiger partial charge in [0.05, 0.1) is 19.0 Å². The fraction of sp³-hybridized carbons (Fsp3) is 0.462. The smallest absolute Gasteiger partial charge is 0.319 e. The van der Waals surface area contributed by atoms with E-state index in [1.54, 1.807) is 18.2 Å². The molecule has 1 aliphatic rings. The Labute approximate surface area is 144 Å². The Morgan fingerprint density at radius 2 is 2.00 bits per heavy atom. The minimum atomic E-state index is -3.26. The Kier molecular flexibility index (Phi) is 6.10. The number of urea groups is 1. The lowest BCUT2D eigenvalue weighted by Crippen LogP contribution is -2.49. The Balaban J connectivity index is 1.84. The van der Waals surface area contributed by atoms with Crippen molar-refractivity contribution in [1.29, 1.82) is 0 Å². The van der Waals surface area contributed by atoms with Crippen LogP contribution in [0.4, 0.5) is 10.5 Å². The van der Waals surface area contributed by atoms with Gasteiger partial charge in [-0.2, -0.15) is 4.31 Å². The van der Waals surface area contributed by atoms with Crippen molar-refractivity contribution in [2.24, 2.45) is 0 Å². The number of benzene rings is 1. The number of amides is 2. The van der Waals surface area contributed by atoms with E-state index < -0.39 is 22.2 Å². The highest BCUT2D eigenvalue weighted by atomic mass is 35.5. The van der Waals surface area contributed by atoms with Gasteiger partial charge in [0.25, 0.3) is 0 Å². The molecular formula is C13H17Cl2N3O4S. The fourth-order valence-corrected chi connectivity index (χ4v) is 3.49. The maximum atomic E-state index is 11.9. The van der Waals surface area contributed by atoms with E-state index in [-0.39, 0.29) is 13.1 Å². The molecule has 1 saturated heterocycles. The number of ether oxygens (including phenoxy) is 1. The molecule has 0 radical (unpaired) electrons. The van der Waals surface area contributed by atoms with Crippen molar-refractivity contribution in [1.82, 2.24) is 9.62 Å². The minimum Gasteiger partial charge on any atom is -0.374 e. The number of rotatable bonds is 4. The summed E-state index contributed by atoms with van der Waals surface area (Å²) in [5.41, 5.74) is 0.460. The molecule has 0 unspecified atom stereocenters. The number of nitrogens with one attached hydrogen (secondary N) is 2. The lowest BCUT2D eigenvalue weighted by Gasteiger charge is -2.31. The second-order valence-electron chi connectivity index (χ2n) is 5.11. The van der Waals surface area contributed by atoms with E-state index in [0.29, 0.717) is 28.9 Å². The van der Waals surface area contributed by atoms with Gasteiger partial charge in [-0.1, -0.05) is 23.2 Å². The Bertz CT molecular complexity index is 664. The normalized spacial score (nSPS) is 19.3. The number of sulfonamides is 1. The first-order valence-corrected chi connectivity index (χ1v) is 9.42. The van der Waals surface area contributed by atoms with Crippen molar-refractivity contribution in [2.45, 2.75) is 6.10 Å². The molecule has 2 rings (SSSR count). The number of nitrogens with zero attached hydrogens (tertiary/aromatic N) is 1. The summed E-state index contributed by atoms with van der Waals surface area (Å²) in [6.07, 6.45) is 0.755. The number of anilines is 1. The highest BCUT2D eigenvalue weighted by Crippen LogP contribution is 2.22. The third kappa shape index (κ3) is 5.82. The maximum Gasteiger partial charge on any atom is 0.319 e. The van der Waals surface area contributed by atoms with Crippen molar-refractivity contribution in [3.63, 3.8) is 0 Å². The van der Waals surface area contributed by atoms with Gasteiger partial charge in [0.1, 0.15) is 0 Å². The summed E-state index contributed by atoms with van der Waals surface area (Å²) in [7, 11) is -3.26. The lowest BCUT2D eigenvalue weighted by atomic mass is 10.3. The molecule has 1 aliphatic heterocycles. The summed E-state index contributed by atoms with van der Waals surface area (Å²) in [4.78, 5) is 11.9. The fourth-order valence-electron chi connectivity index (χ4n) is 2.12. The summed E-state index contributed by atoms with van der Waals surface area (Å²) >= 11 is 11.7. The summed E-state index contributed by atoms with van der Waals surface area (Å²) < 4.78 is 29.8. The topological polar surface area (TPSA) is 87.7 Å². The molecule has 0 saturated carbocycles. The van der Waals surface area contributed by atoms with Gasteiger partial charge in [-0.3, -0.25) is 0 Å². The highest BCUT2D eigenvalue weighted by Gasteiger charge is 2.26. The molecule has 0 aromatic heterocycles. The number of hydrogen-bond donors (Lipinski definition) is 2. The summed E-state index contributed by atoms with van der Waals surface area (Å²) in [5.74, 6) is 0. The first-order valence-electron chi connectivity index (χ1n) is 6.82. The summed E-state index contributed by atoms with van der Waals surface area (Å²) in [6, 6.07) is 4.23. The first-order chi connectivity index (χ1) is 10.7. The molecule has 1 heterocycles. The predicted octanol–water partition coefficient (Wildman–Crippen LogP) is 1.78. The van der Waals surface area contributed by atoms with E-state index >= 15 is 0 Å².